The summed E-state index contributed by atoms with van der Waals surface area (Å²) in [6.45, 7) is 16.5. The zero-order valence-corrected chi connectivity index (χ0v) is 37.7. The first kappa shape index (κ1) is 42.0. The number of para-hydroxylation sites is 2. The van der Waals surface area contributed by atoms with Crippen molar-refractivity contribution < 1.29 is 13.2 Å². The molecule has 68 heavy (non-hydrogen) atoms. The van der Waals surface area contributed by atoms with Crippen LogP contribution in [0.2, 0.25) is 0 Å². The van der Waals surface area contributed by atoms with Crippen molar-refractivity contribution in [2.24, 2.45) is 0 Å². The Bertz CT molecular complexity index is 3940. The Kier molecular flexibility index (Phi) is 9.92. The molecular formula is C61H41F3N4. The predicted molar refractivity (Wildman–Crippen MR) is 272 cm³/mol. The molecule has 11 aromatic rings. The number of aryl methyl sites for hydroxylation is 4. The van der Waals surface area contributed by atoms with Gasteiger partial charge in [0.1, 0.15) is 0 Å². The summed E-state index contributed by atoms with van der Waals surface area (Å²) in [5, 5.41) is 14.8. The smallest absolute Gasteiger partial charge is 0.309 e. The molecule has 2 heterocycles. The second kappa shape index (κ2) is 16.0. The van der Waals surface area contributed by atoms with E-state index in [1.807, 2.05) is 60.7 Å². The van der Waals surface area contributed by atoms with Gasteiger partial charge in [-0.1, -0.05) is 125 Å². The molecule has 0 saturated carbocycles. The number of alkyl halides is 3. The third kappa shape index (κ3) is 7.08. The summed E-state index contributed by atoms with van der Waals surface area (Å²) in [4.78, 5) is 3.61. The topological polar surface area (TPSA) is 38.0 Å². The number of halogens is 3. The Labute approximate surface area is 391 Å². The largest absolute Gasteiger partial charge is 0.415 e. The lowest BCUT2D eigenvalue weighted by Gasteiger charge is -2.20. The molecule has 0 N–H and O–H groups in total. The van der Waals surface area contributed by atoms with Crippen LogP contribution in [0.25, 0.3) is 104 Å². The number of nitrogens with zero attached hydrogens (tertiary/aromatic N) is 4. The summed E-state index contributed by atoms with van der Waals surface area (Å²) in [6.07, 6.45) is -4.61. The van der Waals surface area contributed by atoms with Gasteiger partial charge in [-0.05, 0) is 134 Å². The summed E-state index contributed by atoms with van der Waals surface area (Å²) in [5.74, 6) is 0. The molecule has 0 aliphatic heterocycles. The van der Waals surface area contributed by atoms with E-state index in [4.69, 9.17) is 6.57 Å². The molecule has 0 aliphatic carbocycles. The van der Waals surface area contributed by atoms with Gasteiger partial charge in [0.2, 0.25) is 0 Å². The van der Waals surface area contributed by atoms with E-state index in [0.717, 1.165) is 100 Å². The molecule has 0 bridgehead atoms. The SMILES string of the molecule is [C-]#[N+]c1cc(C(F)(F)F)ccc1-c1ccc(-n2c3ccccc3c3cc(-c4cc(C)cc(C)c4)ccc32)c(-c2cc(C#N)ccc2-n2c3ccccc3c3cc(-c4cc(C)cc(C)c4)ccc32)c1. The van der Waals surface area contributed by atoms with Crippen LogP contribution in [0, 0.1) is 45.6 Å². The molecule has 0 aliphatic rings. The van der Waals surface area contributed by atoms with Crippen molar-refractivity contribution in [3.63, 3.8) is 0 Å². The lowest BCUT2D eigenvalue weighted by Crippen LogP contribution is -2.04. The molecule has 0 saturated heterocycles. The Morgan fingerprint density at radius 3 is 1.41 bits per heavy atom. The van der Waals surface area contributed by atoms with Gasteiger partial charge in [-0.25, -0.2) is 4.85 Å². The van der Waals surface area contributed by atoms with E-state index >= 15 is 0 Å². The first-order valence-electron chi connectivity index (χ1n) is 22.4. The number of hydrogen-bond donors (Lipinski definition) is 0. The minimum atomic E-state index is -4.61. The molecular weight excluding hydrogens is 846 g/mol. The molecule has 9 aromatic carbocycles. The molecule has 0 unspecified atom stereocenters. The van der Waals surface area contributed by atoms with Crippen molar-refractivity contribution in [1.29, 1.82) is 5.26 Å². The molecule has 0 fully saturated rings. The van der Waals surface area contributed by atoms with Gasteiger partial charge in [-0.15, -0.1) is 0 Å². The molecule has 0 radical (unpaired) electrons. The third-order valence-electron chi connectivity index (χ3n) is 13.1. The number of hydrogen-bond acceptors (Lipinski definition) is 1. The fraction of sp³-hybridized carbons (Fsp3) is 0.0820. The highest BCUT2D eigenvalue weighted by atomic mass is 19.4. The Morgan fingerprint density at radius 1 is 0.441 bits per heavy atom. The van der Waals surface area contributed by atoms with E-state index in [1.165, 1.54) is 28.3 Å². The van der Waals surface area contributed by atoms with Crippen LogP contribution in [0.5, 0.6) is 0 Å². The van der Waals surface area contributed by atoms with Crippen LogP contribution in [0.1, 0.15) is 33.4 Å². The lowest BCUT2D eigenvalue weighted by molar-refractivity contribution is -0.137. The van der Waals surface area contributed by atoms with Crippen molar-refractivity contribution in [2.45, 2.75) is 33.9 Å². The number of fused-ring (bicyclic) bond motifs is 6. The van der Waals surface area contributed by atoms with Crippen molar-refractivity contribution in [1.82, 2.24) is 9.13 Å². The van der Waals surface area contributed by atoms with Gasteiger partial charge in [0.05, 0.1) is 51.6 Å². The van der Waals surface area contributed by atoms with Gasteiger partial charge in [0, 0.05) is 38.2 Å². The highest BCUT2D eigenvalue weighted by Gasteiger charge is 2.31. The van der Waals surface area contributed by atoms with E-state index in [-0.39, 0.29) is 5.69 Å². The van der Waals surface area contributed by atoms with E-state index < -0.39 is 11.7 Å². The van der Waals surface area contributed by atoms with Gasteiger partial charge < -0.3 is 9.13 Å². The van der Waals surface area contributed by atoms with Crippen molar-refractivity contribution >= 4 is 49.3 Å². The molecule has 0 atom stereocenters. The van der Waals surface area contributed by atoms with Gasteiger partial charge in [-0.3, -0.25) is 0 Å². The van der Waals surface area contributed by atoms with Crippen LogP contribution in [0.3, 0.4) is 0 Å². The van der Waals surface area contributed by atoms with E-state index in [0.29, 0.717) is 16.7 Å². The van der Waals surface area contributed by atoms with Crippen LogP contribution in [0.15, 0.2) is 176 Å². The molecule has 7 heteroatoms. The highest BCUT2D eigenvalue weighted by Crippen LogP contribution is 2.45. The first-order chi connectivity index (χ1) is 32.9. The lowest BCUT2D eigenvalue weighted by atomic mass is 9.93. The minimum Gasteiger partial charge on any atom is -0.309 e. The maximum atomic E-state index is 14.0. The van der Waals surface area contributed by atoms with Crippen LogP contribution in [-0.2, 0) is 6.18 Å². The molecule has 326 valence electrons. The molecule has 11 rings (SSSR count). The zero-order chi connectivity index (χ0) is 47.0. The van der Waals surface area contributed by atoms with Gasteiger partial charge in [0.15, 0.2) is 5.69 Å². The maximum absolute atomic E-state index is 14.0. The third-order valence-corrected chi connectivity index (χ3v) is 13.1. The van der Waals surface area contributed by atoms with Gasteiger partial charge >= 0.3 is 6.18 Å². The molecule has 2 aromatic heterocycles. The fourth-order valence-corrected chi connectivity index (χ4v) is 10.3. The van der Waals surface area contributed by atoms with Gasteiger partial charge in [0.25, 0.3) is 0 Å². The quantitative estimate of drug-likeness (QED) is 0.153. The van der Waals surface area contributed by atoms with E-state index in [2.05, 4.69) is 145 Å². The predicted octanol–water partition coefficient (Wildman–Crippen LogP) is 17.2. The normalized spacial score (nSPS) is 11.7. The molecule has 4 nitrogen and oxygen atoms in total. The summed E-state index contributed by atoms with van der Waals surface area (Å²) >= 11 is 0. The molecule has 0 spiro atoms. The highest BCUT2D eigenvalue weighted by molar-refractivity contribution is 6.13. The summed E-state index contributed by atoms with van der Waals surface area (Å²) in [6, 6.07) is 60.1. The summed E-state index contributed by atoms with van der Waals surface area (Å²) < 4.78 is 46.6. The number of aromatic nitrogens is 2. The zero-order valence-electron chi connectivity index (χ0n) is 37.7. The molecule has 0 amide bonds. The van der Waals surface area contributed by atoms with E-state index in [9.17, 15) is 18.4 Å². The van der Waals surface area contributed by atoms with Crippen LogP contribution in [-0.4, -0.2) is 9.13 Å². The van der Waals surface area contributed by atoms with Crippen LogP contribution in [0.4, 0.5) is 18.9 Å². The second-order valence-electron chi connectivity index (χ2n) is 17.8. The summed E-state index contributed by atoms with van der Waals surface area (Å²) in [5.41, 5.74) is 16.5. The van der Waals surface area contributed by atoms with Crippen LogP contribution >= 0.6 is 0 Å². The Balaban J connectivity index is 1.22. The summed E-state index contributed by atoms with van der Waals surface area (Å²) in [7, 11) is 0. The van der Waals surface area contributed by atoms with E-state index in [1.54, 1.807) is 0 Å². The average Bonchev–Trinajstić information content (AvgIpc) is 3.84. The van der Waals surface area contributed by atoms with Crippen molar-refractivity contribution in [3.8, 4) is 62.0 Å². The number of benzene rings is 9. The number of rotatable bonds is 6. The fourth-order valence-electron chi connectivity index (χ4n) is 10.3. The minimum absolute atomic E-state index is 0.109. The van der Waals surface area contributed by atoms with Gasteiger partial charge in [-0.2, -0.15) is 18.4 Å². The average molecular weight is 887 g/mol. The first-order valence-corrected chi connectivity index (χ1v) is 22.4. The number of nitriles is 1. The van der Waals surface area contributed by atoms with Crippen molar-refractivity contribution in [2.75, 3.05) is 0 Å². The monoisotopic (exact) mass is 886 g/mol. The Morgan fingerprint density at radius 2 is 0.912 bits per heavy atom. The van der Waals surface area contributed by atoms with Crippen LogP contribution < -0.4 is 0 Å². The maximum Gasteiger partial charge on any atom is 0.415 e. The Hall–Kier alpha value is -8.65. The second-order valence-corrected chi connectivity index (χ2v) is 17.8. The van der Waals surface area contributed by atoms with Crippen molar-refractivity contribution in [3.05, 3.63) is 221 Å². The standard InChI is InChI=1S/C61H41F3N4/c1-36-24-37(2)27-44(26-36)41-15-21-58-51(31-41)48-10-6-8-12-55(48)67(58)57-20-14-40(35-65)30-50(57)53-33-43(47-19-18-46(61(62,63)64)34-54(47)66-5)17-23-60(53)68-56-13-9-7-11-49(56)52-32-42(16-22-59(52)68)45-28-38(3)25-39(4)29-45/h6-34H,1-4H3.